The van der Waals surface area contributed by atoms with Crippen molar-refractivity contribution in [2.45, 2.75) is 19.5 Å². The maximum absolute atomic E-state index is 12.6. The fraction of sp³-hybridized carbons (Fsp3) is 0.292. The average molecular weight is 413 g/mol. The molecule has 1 aliphatic carbocycles. The summed E-state index contributed by atoms with van der Waals surface area (Å²) in [5.41, 5.74) is 3.62. The first-order valence-electron chi connectivity index (χ1n) is 10.7. The summed E-state index contributed by atoms with van der Waals surface area (Å²) in [6.45, 7) is 3.79. The smallest absolute Gasteiger partial charge is 0.270 e. The molecule has 1 saturated heterocycles. The van der Waals surface area contributed by atoms with Crippen LogP contribution in [0.1, 0.15) is 28.2 Å². The molecular weight excluding hydrogens is 390 g/mol. The molecule has 7 heteroatoms. The van der Waals surface area contributed by atoms with Gasteiger partial charge in [-0.05, 0) is 53.5 Å². The second-order valence-electron chi connectivity index (χ2n) is 8.76. The summed E-state index contributed by atoms with van der Waals surface area (Å²) in [5, 5.41) is 4.05. The van der Waals surface area contributed by atoms with E-state index < -0.39 is 0 Å². The summed E-state index contributed by atoms with van der Waals surface area (Å²) in [5.74, 6) is 1.52. The van der Waals surface area contributed by atoms with Crippen molar-refractivity contribution in [1.82, 2.24) is 24.6 Å². The Morgan fingerprint density at radius 1 is 1.13 bits per heavy atom. The molecule has 2 atom stereocenters. The normalized spacial score (nSPS) is 20.3. The summed E-state index contributed by atoms with van der Waals surface area (Å²) in [4.78, 5) is 35.1. The Bertz CT molecular complexity index is 1360. The molecule has 1 amide bonds. The van der Waals surface area contributed by atoms with Crippen LogP contribution >= 0.6 is 0 Å². The molecule has 4 heterocycles. The van der Waals surface area contributed by atoms with Gasteiger partial charge in [-0.25, -0.2) is 4.98 Å². The SMILES string of the molecule is O=C(NCc1ccc2cc(CN3CC4CC4C3)[nH]c2c1)c1cc(=O)n2ccccc2n1. The van der Waals surface area contributed by atoms with Gasteiger partial charge in [0, 0.05) is 49.7 Å². The van der Waals surface area contributed by atoms with Crippen molar-refractivity contribution >= 4 is 22.5 Å². The van der Waals surface area contributed by atoms with E-state index in [1.165, 1.54) is 41.1 Å². The minimum atomic E-state index is -0.358. The predicted octanol–water partition coefficient (Wildman–Crippen LogP) is 2.56. The van der Waals surface area contributed by atoms with Gasteiger partial charge in [0.05, 0.1) is 0 Å². The number of likely N-dealkylation sites (tertiary alicyclic amines) is 1. The minimum absolute atomic E-state index is 0.128. The maximum Gasteiger partial charge on any atom is 0.270 e. The van der Waals surface area contributed by atoms with E-state index in [1.54, 1.807) is 24.4 Å². The van der Waals surface area contributed by atoms with Gasteiger partial charge >= 0.3 is 0 Å². The lowest BCUT2D eigenvalue weighted by Crippen LogP contribution is -2.26. The number of fused-ring (bicyclic) bond motifs is 3. The van der Waals surface area contributed by atoms with Gasteiger partial charge in [0.1, 0.15) is 11.3 Å². The highest BCUT2D eigenvalue weighted by Crippen LogP contribution is 2.45. The number of nitrogens with one attached hydrogen (secondary N) is 2. The van der Waals surface area contributed by atoms with Gasteiger partial charge in [-0.1, -0.05) is 18.2 Å². The highest BCUT2D eigenvalue weighted by atomic mass is 16.2. The molecule has 2 unspecified atom stereocenters. The van der Waals surface area contributed by atoms with E-state index in [2.05, 4.69) is 38.4 Å². The van der Waals surface area contributed by atoms with Gasteiger partial charge in [0.15, 0.2) is 0 Å². The van der Waals surface area contributed by atoms with Gasteiger partial charge in [0.2, 0.25) is 0 Å². The van der Waals surface area contributed by atoms with Crippen LogP contribution in [0.25, 0.3) is 16.6 Å². The monoisotopic (exact) mass is 413 g/mol. The quantitative estimate of drug-likeness (QED) is 0.527. The third-order valence-corrected chi connectivity index (χ3v) is 6.45. The molecule has 31 heavy (non-hydrogen) atoms. The second-order valence-corrected chi connectivity index (χ2v) is 8.76. The van der Waals surface area contributed by atoms with Crippen LogP contribution in [0.2, 0.25) is 0 Å². The first-order chi connectivity index (χ1) is 15.1. The summed E-state index contributed by atoms with van der Waals surface area (Å²) >= 11 is 0. The topological polar surface area (TPSA) is 82.5 Å². The molecule has 1 aliphatic heterocycles. The number of aromatic nitrogens is 3. The molecule has 0 spiro atoms. The number of H-pyrrole nitrogens is 1. The van der Waals surface area contributed by atoms with E-state index in [4.69, 9.17) is 0 Å². The van der Waals surface area contributed by atoms with E-state index in [0.717, 1.165) is 29.5 Å². The first kappa shape index (κ1) is 18.3. The van der Waals surface area contributed by atoms with Crippen molar-refractivity contribution in [2.75, 3.05) is 13.1 Å². The number of nitrogens with zero attached hydrogens (tertiary/aromatic N) is 3. The van der Waals surface area contributed by atoms with Crippen molar-refractivity contribution in [3.8, 4) is 0 Å². The largest absolute Gasteiger partial charge is 0.357 e. The van der Waals surface area contributed by atoms with Crippen molar-refractivity contribution in [2.24, 2.45) is 11.8 Å². The van der Waals surface area contributed by atoms with E-state index in [0.29, 0.717) is 12.2 Å². The van der Waals surface area contributed by atoms with E-state index in [9.17, 15) is 9.59 Å². The van der Waals surface area contributed by atoms with Crippen LogP contribution in [-0.2, 0) is 13.1 Å². The molecule has 2 N–H and O–H groups in total. The van der Waals surface area contributed by atoms with Crippen molar-refractivity contribution < 1.29 is 4.79 Å². The lowest BCUT2D eigenvalue weighted by molar-refractivity contribution is 0.0946. The van der Waals surface area contributed by atoms with Crippen molar-refractivity contribution in [3.63, 3.8) is 0 Å². The third kappa shape index (κ3) is 3.51. The number of rotatable bonds is 5. The molecule has 2 fully saturated rings. The molecule has 6 rings (SSSR count). The lowest BCUT2D eigenvalue weighted by atomic mass is 10.1. The predicted molar refractivity (Wildman–Crippen MR) is 118 cm³/mol. The number of pyridine rings is 1. The standard InChI is InChI=1S/C24H23N5O2/c30-23-10-21(27-22-3-1-2-6-29(22)23)24(31)25-11-15-4-5-16-9-19(26-20(16)7-15)14-28-12-17-8-18(17)13-28/h1-7,9-10,17-18,26H,8,11-14H2,(H,25,31). The summed E-state index contributed by atoms with van der Waals surface area (Å²) in [7, 11) is 0. The van der Waals surface area contributed by atoms with Crippen molar-refractivity contribution in [1.29, 1.82) is 0 Å². The number of piperidine rings is 1. The van der Waals surface area contributed by atoms with Crippen LogP contribution in [0.5, 0.6) is 0 Å². The van der Waals surface area contributed by atoms with Crippen LogP contribution in [0, 0.1) is 11.8 Å². The molecule has 7 nitrogen and oxygen atoms in total. The molecule has 1 saturated carbocycles. The second kappa shape index (κ2) is 7.06. The maximum atomic E-state index is 12.6. The summed E-state index contributed by atoms with van der Waals surface area (Å²) < 4.78 is 1.42. The van der Waals surface area contributed by atoms with Gasteiger partial charge < -0.3 is 10.3 Å². The Hall–Kier alpha value is -3.45. The van der Waals surface area contributed by atoms with Crippen LogP contribution in [0.3, 0.4) is 0 Å². The fourth-order valence-corrected chi connectivity index (χ4v) is 4.74. The zero-order valence-electron chi connectivity index (χ0n) is 17.0. The molecule has 0 bridgehead atoms. The average Bonchev–Trinajstić information content (AvgIpc) is 3.19. The number of hydrogen-bond acceptors (Lipinski definition) is 4. The Morgan fingerprint density at radius 2 is 2.00 bits per heavy atom. The highest BCUT2D eigenvalue weighted by molar-refractivity contribution is 5.92. The van der Waals surface area contributed by atoms with E-state index in [-0.39, 0.29) is 17.2 Å². The van der Waals surface area contributed by atoms with Gasteiger partial charge in [-0.15, -0.1) is 0 Å². The molecule has 2 aliphatic rings. The Labute approximate surface area is 178 Å². The first-order valence-corrected chi connectivity index (χ1v) is 10.7. The zero-order valence-corrected chi connectivity index (χ0v) is 17.0. The molecule has 156 valence electrons. The number of carbonyl (C=O) groups excluding carboxylic acids is 1. The molecule has 1 aromatic carbocycles. The van der Waals surface area contributed by atoms with Gasteiger partial charge in [0.25, 0.3) is 11.5 Å². The Morgan fingerprint density at radius 3 is 2.87 bits per heavy atom. The number of aromatic amines is 1. The van der Waals surface area contributed by atoms with Crippen LogP contribution in [0.15, 0.2) is 59.5 Å². The lowest BCUT2D eigenvalue weighted by Gasteiger charge is -2.15. The molecule has 3 aromatic heterocycles. The Kier molecular flexibility index (Phi) is 4.17. The summed E-state index contributed by atoms with van der Waals surface area (Å²) in [6.07, 6.45) is 3.06. The molecule has 0 radical (unpaired) electrons. The third-order valence-electron chi connectivity index (χ3n) is 6.45. The zero-order chi connectivity index (χ0) is 20.9. The number of amides is 1. The van der Waals surface area contributed by atoms with Crippen LogP contribution in [-0.4, -0.2) is 38.3 Å². The number of benzene rings is 1. The number of hydrogen-bond donors (Lipinski definition) is 2. The van der Waals surface area contributed by atoms with E-state index in [1.807, 2.05) is 6.07 Å². The van der Waals surface area contributed by atoms with Gasteiger partial charge in [-0.3, -0.25) is 18.9 Å². The van der Waals surface area contributed by atoms with E-state index >= 15 is 0 Å². The molecule has 4 aromatic rings. The Balaban J connectivity index is 1.15. The number of carbonyl (C=O) groups is 1. The minimum Gasteiger partial charge on any atom is -0.357 e. The summed E-state index contributed by atoms with van der Waals surface area (Å²) in [6, 6.07) is 14.9. The van der Waals surface area contributed by atoms with Crippen LogP contribution in [0.4, 0.5) is 0 Å². The fourth-order valence-electron chi connectivity index (χ4n) is 4.74. The molecular formula is C24H23N5O2. The van der Waals surface area contributed by atoms with Gasteiger partial charge in [-0.2, -0.15) is 0 Å². The van der Waals surface area contributed by atoms with Crippen LogP contribution < -0.4 is 10.9 Å². The van der Waals surface area contributed by atoms with Crippen molar-refractivity contribution in [3.05, 3.63) is 82.0 Å². The highest BCUT2D eigenvalue weighted by Gasteiger charge is 2.44.